The third kappa shape index (κ3) is 2.77. The van der Waals surface area contributed by atoms with Gasteiger partial charge in [0.05, 0.1) is 18.0 Å². The first-order chi connectivity index (χ1) is 8.61. The van der Waals surface area contributed by atoms with Crippen LogP contribution in [0.5, 0.6) is 0 Å². The second-order valence-electron chi connectivity index (χ2n) is 3.86. The Balaban J connectivity index is 2.25. The number of aliphatic hydroxyl groups is 2. The van der Waals surface area contributed by atoms with Crippen molar-refractivity contribution >= 4 is 15.9 Å². The summed E-state index contributed by atoms with van der Waals surface area (Å²) in [4.78, 5) is 0. The number of hydrogen-bond acceptors (Lipinski definition) is 3. The molecule has 2 N–H and O–H groups in total. The van der Waals surface area contributed by atoms with Gasteiger partial charge in [-0.15, -0.1) is 0 Å². The van der Waals surface area contributed by atoms with Crippen LogP contribution >= 0.6 is 15.9 Å². The molecule has 4 nitrogen and oxygen atoms in total. The summed E-state index contributed by atoms with van der Waals surface area (Å²) in [5.74, 6) is -0.356. The Bertz CT molecular complexity index is 532. The second-order valence-corrected chi connectivity index (χ2v) is 4.51. The van der Waals surface area contributed by atoms with E-state index in [4.69, 9.17) is 0 Å². The van der Waals surface area contributed by atoms with Gasteiger partial charge in [-0.25, -0.2) is 9.07 Å². The summed E-state index contributed by atoms with van der Waals surface area (Å²) in [5, 5.41) is 23.6. The van der Waals surface area contributed by atoms with Crippen molar-refractivity contribution in [2.75, 3.05) is 5.33 Å². The van der Waals surface area contributed by atoms with Gasteiger partial charge >= 0.3 is 0 Å². The van der Waals surface area contributed by atoms with Crippen LogP contribution in [0.25, 0.3) is 5.69 Å². The summed E-state index contributed by atoms with van der Waals surface area (Å²) in [7, 11) is 0. The van der Waals surface area contributed by atoms with E-state index >= 15 is 0 Å². The first kappa shape index (κ1) is 13.2. The van der Waals surface area contributed by atoms with Gasteiger partial charge in [0.1, 0.15) is 11.9 Å². The van der Waals surface area contributed by atoms with E-state index in [1.54, 1.807) is 18.3 Å². The lowest BCUT2D eigenvalue weighted by molar-refractivity contribution is 0.0342. The smallest absolute Gasteiger partial charge is 0.125 e. The Kier molecular flexibility index (Phi) is 4.11. The van der Waals surface area contributed by atoms with Crippen LogP contribution < -0.4 is 0 Å². The molecule has 18 heavy (non-hydrogen) atoms. The van der Waals surface area contributed by atoms with Gasteiger partial charge in [-0.1, -0.05) is 22.0 Å². The maximum atomic E-state index is 13.1. The number of aliphatic hydroxyl groups excluding tert-OH is 2. The molecule has 96 valence electrons. The van der Waals surface area contributed by atoms with Crippen LogP contribution in [0.3, 0.4) is 0 Å². The molecule has 6 heteroatoms. The minimum Gasteiger partial charge on any atom is -0.389 e. The third-order valence-electron chi connectivity index (χ3n) is 2.54. The summed E-state index contributed by atoms with van der Waals surface area (Å²) in [6.07, 6.45) is 1.08. The molecule has 1 heterocycles. The van der Waals surface area contributed by atoms with E-state index in [0.29, 0.717) is 11.3 Å². The number of hydrogen-bond donors (Lipinski definition) is 2. The summed E-state index contributed by atoms with van der Waals surface area (Å²) in [5.41, 5.74) is 1.04. The minimum atomic E-state index is -1.02. The predicted molar refractivity (Wildman–Crippen MR) is 68.3 cm³/mol. The molecular weight excluding hydrogens is 303 g/mol. The van der Waals surface area contributed by atoms with E-state index in [1.807, 2.05) is 0 Å². The molecule has 0 bridgehead atoms. The quantitative estimate of drug-likeness (QED) is 0.846. The van der Waals surface area contributed by atoms with Gasteiger partial charge in [0.15, 0.2) is 0 Å². The molecule has 2 rings (SSSR count). The van der Waals surface area contributed by atoms with E-state index in [1.165, 1.54) is 23.0 Å². The molecular formula is C12H12BrFN2O2. The number of benzene rings is 1. The van der Waals surface area contributed by atoms with Crippen molar-refractivity contribution in [1.29, 1.82) is 0 Å². The summed E-state index contributed by atoms with van der Waals surface area (Å²) >= 11 is 3.09. The van der Waals surface area contributed by atoms with Gasteiger partial charge in [-0.3, -0.25) is 0 Å². The largest absolute Gasteiger partial charge is 0.389 e. The van der Waals surface area contributed by atoms with Crippen molar-refractivity contribution in [3.8, 4) is 5.69 Å². The molecule has 0 fully saturated rings. The molecule has 0 amide bonds. The standard InChI is InChI=1S/C12H12BrFN2O2/c13-5-11(17)12(18)8-6-15-16(7-8)10-3-1-2-9(14)4-10/h1-4,6-7,11-12,17-18H,5H2. The fourth-order valence-corrected chi connectivity index (χ4v) is 1.91. The lowest BCUT2D eigenvalue weighted by Gasteiger charge is -2.13. The van der Waals surface area contributed by atoms with Crippen LogP contribution in [0, 0.1) is 5.82 Å². The molecule has 2 aromatic rings. The van der Waals surface area contributed by atoms with Gasteiger partial charge in [-0.2, -0.15) is 5.10 Å². The zero-order valence-electron chi connectivity index (χ0n) is 9.37. The average molecular weight is 315 g/mol. The van der Waals surface area contributed by atoms with Crippen molar-refractivity contribution in [3.63, 3.8) is 0 Å². The Morgan fingerprint density at radius 1 is 1.39 bits per heavy atom. The fraction of sp³-hybridized carbons (Fsp3) is 0.250. The maximum Gasteiger partial charge on any atom is 0.125 e. The topological polar surface area (TPSA) is 58.3 Å². The van der Waals surface area contributed by atoms with Crippen LogP contribution in [0.1, 0.15) is 11.7 Å². The maximum absolute atomic E-state index is 13.1. The van der Waals surface area contributed by atoms with Gasteiger partial charge in [0.25, 0.3) is 0 Å². The van der Waals surface area contributed by atoms with Gasteiger partial charge < -0.3 is 10.2 Å². The molecule has 2 atom stereocenters. The Morgan fingerprint density at radius 2 is 2.17 bits per heavy atom. The lowest BCUT2D eigenvalue weighted by Crippen LogP contribution is -2.18. The lowest BCUT2D eigenvalue weighted by atomic mass is 10.1. The first-order valence-electron chi connectivity index (χ1n) is 5.34. The zero-order chi connectivity index (χ0) is 13.1. The van der Waals surface area contributed by atoms with Crippen LogP contribution in [0.4, 0.5) is 4.39 Å². The van der Waals surface area contributed by atoms with Crippen molar-refractivity contribution < 1.29 is 14.6 Å². The second kappa shape index (κ2) is 5.60. The average Bonchev–Trinajstić information content (AvgIpc) is 2.86. The number of nitrogens with zero attached hydrogens (tertiary/aromatic N) is 2. The van der Waals surface area contributed by atoms with Crippen molar-refractivity contribution in [2.45, 2.75) is 12.2 Å². The summed E-state index contributed by atoms with van der Waals surface area (Å²) < 4.78 is 14.5. The van der Waals surface area contributed by atoms with E-state index in [9.17, 15) is 14.6 Å². The normalized spacial score (nSPS) is 14.4. The first-order valence-corrected chi connectivity index (χ1v) is 6.46. The summed E-state index contributed by atoms with van der Waals surface area (Å²) in [6.45, 7) is 0. The Hall–Kier alpha value is -1.24. The molecule has 0 aliphatic carbocycles. The molecule has 0 radical (unpaired) electrons. The molecule has 1 aromatic heterocycles. The molecule has 0 aliphatic heterocycles. The van der Waals surface area contributed by atoms with Crippen LogP contribution in [0.2, 0.25) is 0 Å². The monoisotopic (exact) mass is 314 g/mol. The highest BCUT2D eigenvalue weighted by Crippen LogP contribution is 2.19. The van der Waals surface area contributed by atoms with Gasteiger partial charge in [0.2, 0.25) is 0 Å². The zero-order valence-corrected chi connectivity index (χ0v) is 11.0. The number of rotatable bonds is 4. The van der Waals surface area contributed by atoms with E-state index in [2.05, 4.69) is 21.0 Å². The van der Waals surface area contributed by atoms with Crippen molar-refractivity contribution in [3.05, 3.63) is 48.0 Å². The third-order valence-corrected chi connectivity index (χ3v) is 3.20. The number of halogens is 2. The van der Waals surface area contributed by atoms with Gasteiger partial charge in [0, 0.05) is 17.1 Å². The molecule has 2 unspecified atom stereocenters. The molecule has 0 spiro atoms. The highest BCUT2D eigenvalue weighted by Gasteiger charge is 2.18. The predicted octanol–water partition coefficient (Wildman–Crippen LogP) is 1.80. The Morgan fingerprint density at radius 3 is 2.83 bits per heavy atom. The fourth-order valence-electron chi connectivity index (χ4n) is 1.56. The van der Waals surface area contributed by atoms with E-state index < -0.39 is 12.2 Å². The summed E-state index contributed by atoms with van der Waals surface area (Å²) in [6, 6.07) is 5.96. The molecule has 0 saturated carbocycles. The Labute approximate surface area is 112 Å². The van der Waals surface area contributed by atoms with Crippen LogP contribution in [-0.4, -0.2) is 31.4 Å². The van der Waals surface area contributed by atoms with Gasteiger partial charge in [-0.05, 0) is 18.2 Å². The SMILES string of the molecule is OC(CBr)C(O)c1cnn(-c2cccc(F)c2)c1. The van der Waals surface area contributed by atoms with Crippen molar-refractivity contribution in [1.82, 2.24) is 9.78 Å². The van der Waals surface area contributed by atoms with E-state index in [-0.39, 0.29) is 11.1 Å². The van der Waals surface area contributed by atoms with E-state index in [0.717, 1.165) is 0 Å². The molecule has 1 aromatic carbocycles. The molecule has 0 aliphatic rings. The molecule has 0 saturated heterocycles. The number of alkyl halides is 1. The van der Waals surface area contributed by atoms with Crippen molar-refractivity contribution in [2.24, 2.45) is 0 Å². The van der Waals surface area contributed by atoms with Crippen LogP contribution in [0.15, 0.2) is 36.7 Å². The highest BCUT2D eigenvalue weighted by atomic mass is 79.9. The highest BCUT2D eigenvalue weighted by molar-refractivity contribution is 9.09. The van der Waals surface area contributed by atoms with Crippen LogP contribution in [-0.2, 0) is 0 Å². The number of aromatic nitrogens is 2. The minimum absolute atomic E-state index is 0.263.